The molecule has 1 fully saturated rings. The number of ether oxygens (including phenoxy) is 1. The lowest BCUT2D eigenvalue weighted by molar-refractivity contribution is 0.129. The highest BCUT2D eigenvalue weighted by molar-refractivity contribution is 5.19. The summed E-state index contributed by atoms with van der Waals surface area (Å²) in [6, 6.07) is 0. The van der Waals surface area contributed by atoms with Crippen LogP contribution in [0.15, 0.2) is 11.6 Å². The van der Waals surface area contributed by atoms with Gasteiger partial charge < -0.3 is 9.84 Å². The highest BCUT2D eigenvalue weighted by Crippen LogP contribution is 2.46. The number of fused-ring (bicyclic) bond motifs is 1. The number of allylic oxidation sites excluding steroid dienone is 1. The average Bonchev–Trinajstić information content (AvgIpc) is 2.52. The van der Waals surface area contributed by atoms with Crippen molar-refractivity contribution in [3.63, 3.8) is 0 Å². The maximum Gasteiger partial charge on any atom is 0.0549 e. The molecule has 0 bridgehead atoms. The number of hydrogen-bond acceptors (Lipinski definition) is 2. The number of aliphatic hydroxyl groups excluding tert-OH is 1. The van der Waals surface area contributed by atoms with Crippen LogP contribution in [0.25, 0.3) is 0 Å². The molecule has 2 aliphatic carbocycles. The standard InChI is InChI=1S/C11H18O2/c1-7-3-8-4-9(12)5-10(8)11(7)6-13-2/h3,8-12H,4-6H2,1-2H3. The third kappa shape index (κ3) is 1.53. The zero-order chi connectivity index (χ0) is 9.42. The van der Waals surface area contributed by atoms with Crippen molar-refractivity contribution in [2.45, 2.75) is 25.9 Å². The van der Waals surface area contributed by atoms with E-state index in [4.69, 9.17) is 4.74 Å². The smallest absolute Gasteiger partial charge is 0.0549 e. The molecule has 0 amide bonds. The van der Waals surface area contributed by atoms with Gasteiger partial charge in [0, 0.05) is 13.0 Å². The van der Waals surface area contributed by atoms with E-state index in [1.165, 1.54) is 5.57 Å². The van der Waals surface area contributed by atoms with Crippen LogP contribution < -0.4 is 0 Å². The fourth-order valence-corrected chi connectivity index (χ4v) is 2.96. The van der Waals surface area contributed by atoms with Gasteiger partial charge in [0.25, 0.3) is 0 Å². The molecular formula is C11H18O2. The van der Waals surface area contributed by atoms with Gasteiger partial charge in [-0.3, -0.25) is 0 Å². The van der Waals surface area contributed by atoms with Crippen molar-refractivity contribution in [2.24, 2.45) is 17.8 Å². The first-order valence-corrected chi connectivity index (χ1v) is 5.07. The summed E-state index contributed by atoms with van der Waals surface area (Å²) in [5, 5.41) is 9.54. The summed E-state index contributed by atoms with van der Waals surface area (Å²) in [6.45, 7) is 3.00. The van der Waals surface area contributed by atoms with Crippen molar-refractivity contribution in [3.05, 3.63) is 11.6 Å². The van der Waals surface area contributed by atoms with Crippen LogP contribution in [0, 0.1) is 17.8 Å². The Bertz CT molecular complexity index is 222. The van der Waals surface area contributed by atoms with Crippen LogP contribution in [-0.4, -0.2) is 24.9 Å². The molecule has 4 atom stereocenters. The topological polar surface area (TPSA) is 29.5 Å². The van der Waals surface area contributed by atoms with E-state index in [-0.39, 0.29) is 6.10 Å². The summed E-state index contributed by atoms with van der Waals surface area (Å²) in [5.41, 5.74) is 1.46. The summed E-state index contributed by atoms with van der Waals surface area (Å²) in [4.78, 5) is 0. The van der Waals surface area contributed by atoms with Crippen LogP contribution in [0.5, 0.6) is 0 Å². The molecule has 0 aromatic heterocycles. The van der Waals surface area contributed by atoms with Gasteiger partial charge in [-0.1, -0.05) is 11.6 Å². The van der Waals surface area contributed by atoms with Crippen molar-refractivity contribution >= 4 is 0 Å². The van der Waals surface area contributed by atoms with Crippen molar-refractivity contribution in [3.8, 4) is 0 Å². The first-order chi connectivity index (χ1) is 6.22. The lowest BCUT2D eigenvalue weighted by atomic mass is 9.89. The number of methoxy groups -OCH3 is 1. The lowest BCUT2D eigenvalue weighted by Crippen LogP contribution is -2.18. The Morgan fingerprint density at radius 2 is 2.31 bits per heavy atom. The van der Waals surface area contributed by atoms with E-state index in [0.717, 1.165) is 19.4 Å². The lowest BCUT2D eigenvalue weighted by Gasteiger charge is -2.19. The summed E-state index contributed by atoms with van der Waals surface area (Å²) < 4.78 is 5.22. The molecule has 0 heterocycles. The summed E-state index contributed by atoms with van der Waals surface area (Å²) >= 11 is 0. The molecular weight excluding hydrogens is 164 g/mol. The van der Waals surface area contributed by atoms with E-state index >= 15 is 0 Å². The molecule has 74 valence electrons. The number of hydrogen-bond donors (Lipinski definition) is 1. The normalized spacial score (nSPS) is 43.5. The average molecular weight is 182 g/mol. The van der Waals surface area contributed by atoms with Gasteiger partial charge in [0.1, 0.15) is 0 Å². The third-order valence-electron chi connectivity index (χ3n) is 3.56. The van der Waals surface area contributed by atoms with E-state index in [2.05, 4.69) is 13.0 Å². The molecule has 0 radical (unpaired) electrons. The van der Waals surface area contributed by atoms with E-state index in [1.54, 1.807) is 7.11 Å². The van der Waals surface area contributed by atoms with Crippen LogP contribution in [0.1, 0.15) is 19.8 Å². The summed E-state index contributed by atoms with van der Waals surface area (Å²) in [7, 11) is 1.76. The molecule has 0 aromatic rings. The van der Waals surface area contributed by atoms with Crippen LogP contribution in [0.4, 0.5) is 0 Å². The second-order valence-corrected chi connectivity index (χ2v) is 4.43. The maximum absolute atomic E-state index is 9.54. The van der Waals surface area contributed by atoms with E-state index in [1.807, 2.05) is 0 Å². The molecule has 2 heteroatoms. The Balaban J connectivity index is 2.08. The fraction of sp³-hybridized carbons (Fsp3) is 0.818. The second-order valence-electron chi connectivity index (χ2n) is 4.43. The van der Waals surface area contributed by atoms with Gasteiger partial charge in [0.15, 0.2) is 0 Å². The van der Waals surface area contributed by atoms with Crippen LogP contribution >= 0.6 is 0 Å². The molecule has 4 unspecified atom stereocenters. The quantitative estimate of drug-likeness (QED) is 0.657. The summed E-state index contributed by atoms with van der Waals surface area (Å²) in [5.74, 6) is 1.83. The Kier molecular flexibility index (Phi) is 2.43. The largest absolute Gasteiger partial charge is 0.393 e. The molecule has 1 N–H and O–H groups in total. The van der Waals surface area contributed by atoms with Crippen LogP contribution in [0.2, 0.25) is 0 Å². The zero-order valence-electron chi connectivity index (χ0n) is 8.36. The molecule has 2 aliphatic rings. The van der Waals surface area contributed by atoms with Gasteiger partial charge >= 0.3 is 0 Å². The molecule has 0 saturated heterocycles. The molecule has 0 spiro atoms. The predicted molar refractivity (Wildman–Crippen MR) is 51.3 cm³/mol. The first-order valence-electron chi connectivity index (χ1n) is 5.07. The predicted octanol–water partition coefficient (Wildman–Crippen LogP) is 1.60. The van der Waals surface area contributed by atoms with Crippen molar-refractivity contribution < 1.29 is 9.84 Å². The van der Waals surface area contributed by atoms with Crippen LogP contribution in [-0.2, 0) is 4.74 Å². The third-order valence-corrected chi connectivity index (χ3v) is 3.56. The Morgan fingerprint density at radius 1 is 1.54 bits per heavy atom. The highest BCUT2D eigenvalue weighted by Gasteiger charge is 2.41. The Hall–Kier alpha value is -0.340. The SMILES string of the molecule is COCC1C(C)=CC2CC(O)CC21. The van der Waals surface area contributed by atoms with Crippen LogP contribution in [0.3, 0.4) is 0 Å². The van der Waals surface area contributed by atoms with Gasteiger partial charge in [0.2, 0.25) is 0 Å². The van der Waals surface area contributed by atoms with Crippen molar-refractivity contribution in [2.75, 3.05) is 13.7 Å². The minimum atomic E-state index is -0.0706. The Morgan fingerprint density at radius 3 is 3.00 bits per heavy atom. The maximum atomic E-state index is 9.54. The zero-order valence-corrected chi connectivity index (χ0v) is 8.36. The van der Waals surface area contributed by atoms with E-state index in [0.29, 0.717) is 17.8 Å². The highest BCUT2D eigenvalue weighted by atomic mass is 16.5. The molecule has 0 aliphatic heterocycles. The minimum Gasteiger partial charge on any atom is -0.393 e. The molecule has 2 rings (SSSR count). The first kappa shape index (κ1) is 9.22. The van der Waals surface area contributed by atoms with E-state index in [9.17, 15) is 5.11 Å². The number of rotatable bonds is 2. The molecule has 2 nitrogen and oxygen atoms in total. The van der Waals surface area contributed by atoms with Crippen molar-refractivity contribution in [1.82, 2.24) is 0 Å². The molecule has 0 aromatic carbocycles. The van der Waals surface area contributed by atoms with Crippen molar-refractivity contribution in [1.29, 1.82) is 0 Å². The van der Waals surface area contributed by atoms with Gasteiger partial charge in [0.05, 0.1) is 12.7 Å². The number of aliphatic hydroxyl groups is 1. The summed E-state index contributed by atoms with van der Waals surface area (Å²) in [6.07, 6.45) is 4.19. The van der Waals surface area contributed by atoms with E-state index < -0.39 is 0 Å². The molecule has 13 heavy (non-hydrogen) atoms. The fourth-order valence-electron chi connectivity index (χ4n) is 2.96. The van der Waals surface area contributed by atoms with Gasteiger partial charge in [-0.2, -0.15) is 0 Å². The van der Waals surface area contributed by atoms with Gasteiger partial charge in [-0.05, 0) is 31.6 Å². The second kappa shape index (κ2) is 3.43. The Labute approximate surface area is 79.6 Å². The van der Waals surface area contributed by atoms with Gasteiger partial charge in [-0.15, -0.1) is 0 Å². The molecule has 1 saturated carbocycles. The van der Waals surface area contributed by atoms with Gasteiger partial charge in [-0.25, -0.2) is 0 Å². The monoisotopic (exact) mass is 182 g/mol. The minimum absolute atomic E-state index is 0.0706.